The monoisotopic (exact) mass is 291 g/mol. The summed E-state index contributed by atoms with van der Waals surface area (Å²) in [5.41, 5.74) is 3.79. The van der Waals surface area contributed by atoms with Gasteiger partial charge in [0.05, 0.1) is 0 Å². The maximum Gasteiger partial charge on any atom is 0.148 e. The molecule has 0 unspecified atom stereocenters. The highest BCUT2D eigenvalue weighted by atomic mass is 15.3. The Hall–Kier alpha value is -1.36. The van der Waals surface area contributed by atoms with E-state index in [0.29, 0.717) is 17.9 Å². The fourth-order valence-corrected chi connectivity index (χ4v) is 2.44. The van der Waals surface area contributed by atoms with Crippen LogP contribution in [0, 0.1) is 12.8 Å². The molecule has 2 rings (SSSR count). The molecule has 0 saturated heterocycles. The normalized spacial score (nSPS) is 14.9. The van der Waals surface area contributed by atoms with Crippen molar-refractivity contribution in [3.05, 3.63) is 11.4 Å². The first kappa shape index (κ1) is 16.0. The number of anilines is 2. The van der Waals surface area contributed by atoms with Crippen molar-refractivity contribution >= 4 is 11.6 Å². The summed E-state index contributed by atoms with van der Waals surface area (Å²) in [7, 11) is 0. The predicted octanol–water partition coefficient (Wildman–Crippen LogP) is 3.21. The average Bonchev–Trinajstić information content (AvgIpc) is 3.24. The SMILES string of the molecule is Cc1c(NN)nc(C(C)C)nc1N(CCC(C)C)C1CC1. The molecule has 118 valence electrons. The Morgan fingerprint density at radius 3 is 2.38 bits per heavy atom. The van der Waals surface area contributed by atoms with Gasteiger partial charge >= 0.3 is 0 Å². The molecule has 1 aromatic rings. The molecular formula is C16H29N5. The number of hydrogen-bond donors (Lipinski definition) is 2. The van der Waals surface area contributed by atoms with E-state index in [-0.39, 0.29) is 0 Å². The number of rotatable bonds is 7. The summed E-state index contributed by atoms with van der Waals surface area (Å²) in [6, 6.07) is 0.642. The van der Waals surface area contributed by atoms with Crippen LogP contribution < -0.4 is 16.2 Å². The molecule has 0 spiro atoms. The van der Waals surface area contributed by atoms with Gasteiger partial charge in [0, 0.05) is 24.1 Å². The molecule has 5 heteroatoms. The minimum Gasteiger partial charge on any atom is -0.353 e. The highest BCUT2D eigenvalue weighted by Crippen LogP contribution is 2.35. The van der Waals surface area contributed by atoms with Crippen molar-refractivity contribution < 1.29 is 0 Å². The van der Waals surface area contributed by atoms with Crippen molar-refractivity contribution in [1.29, 1.82) is 0 Å². The summed E-state index contributed by atoms with van der Waals surface area (Å²) in [6.45, 7) is 11.9. The second kappa shape index (κ2) is 6.60. The number of nitrogen functional groups attached to an aromatic ring is 1. The van der Waals surface area contributed by atoms with Gasteiger partial charge in [-0.15, -0.1) is 0 Å². The molecule has 0 radical (unpaired) electrons. The highest BCUT2D eigenvalue weighted by Gasteiger charge is 2.31. The zero-order chi connectivity index (χ0) is 15.6. The van der Waals surface area contributed by atoms with Crippen LogP contribution in [0.4, 0.5) is 11.6 Å². The third kappa shape index (κ3) is 3.84. The largest absolute Gasteiger partial charge is 0.353 e. The average molecular weight is 291 g/mol. The molecule has 1 aliphatic rings. The van der Waals surface area contributed by atoms with Crippen LogP contribution in [0.5, 0.6) is 0 Å². The summed E-state index contributed by atoms with van der Waals surface area (Å²) in [5.74, 6) is 9.31. The third-order valence-electron chi connectivity index (χ3n) is 4.00. The molecule has 0 aromatic carbocycles. The number of hydrazine groups is 1. The van der Waals surface area contributed by atoms with E-state index in [4.69, 9.17) is 10.8 Å². The van der Waals surface area contributed by atoms with Gasteiger partial charge in [-0.2, -0.15) is 0 Å². The molecule has 1 heterocycles. The van der Waals surface area contributed by atoms with Crippen molar-refractivity contribution in [1.82, 2.24) is 9.97 Å². The van der Waals surface area contributed by atoms with Crippen LogP contribution in [-0.4, -0.2) is 22.6 Å². The highest BCUT2D eigenvalue weighted by molar-refractivity contribution is 5.59. The lowest BCUT2D eigenvalue weighted by Crippen LogP contribution is -2.30. The number of nitrogens with zero attached hydrogens (tertiary/aromatic N) is 3. The zero-order valence-electron chi connectivity index (χ0n) is 14.0. The Balaban J connectivity index is 2.35. The number of nitrogens with one attached hydrogen (secondary N) is 1. The first-order chi connectivity index (χ1) is 9.93. The molecule has 0 amide bonds. The number of nitrogens with two attached hydrogens (primary N) is 1. The molecule has 21 heavy (non-hydrogen) atoms. The third-order valence-corrected chi connectivity index (χ3v) is 4.00. The van der Waals surface area contributed by atoms with Gasteiger partial charge in [-0.05, 0) is 32.1 Å². The van der Waals surface area contributed by atoms with E-state index in [1.165, 1.54) is 19.3 Å². The number of aromatic nitrogens is 2. The van der Waals surface area contributed by atoms with Gasteiger partial charge in [0.15, 0.2) is 0 Å². The van der Waals surface area contributed by atoms with E-state index in [1.807, 2.05) is 0 Å². The summed E-state index contributed by atoms with van der Waals surface area (Å²) >= 11 is 0. The van der Waals surface area contributed by atoms with Gasteiger partial charge in [0.1, 0.15) is 17.5 Å². The van der Waals surface area contributed by atoms with E-state index >= 15 is 0 Å². The first-order valence-electron chi connectivity index (χ1n) is 8.05. The Morgan fingerprint density at radius 2 is 1.90 bits per heavy atom. The quantitative estimate of drug-likeness (QED) is 0.596. The minimum absolute atomic E-state index is 0.294. The van der Waals surface area contributed by atoms with Crippen LogP contribution in [0.1, 0.15) is 64.3 Å². The standard InChI is InChI=1S/C16H29N5/c1-10(2)8-9-21(13-6-7-13)16-12(5)15(20-17)18-14(19-16)11(3)4/h10-11,13H,6-9,17H2,1-5H3,(H,18,19,20). The topological polar surface area (TPSA) is 67.1 Å². The van der Waals surface area contributed by atoms with Gasteiger partial charge < -0.3 is 10.3 Å². The molecule has 1 aromatic heterocycles. The van der Waals surface area contributed by atoms with Crippen molar-refractivity contribution in [2.24, 2.45) is 11.8 Å². The van der Waals surface area contributed by atoms with E-state index in [0.717, 1.165) is 29.6 Å². The van der Waals surface area contributed by atoms with Gasteiger partial charge in [0.2, 0.25) is 0 Å². The fraction of sp³-hybridized carbons (Fsp3) is 0.750. The lowest BCUT2D eigenvalue weighted by atomic mass is 10.1. The summed E-state index contributed by atoms with van der Waals surface area (Å²) in [5, 5.41) is 0. The Bertz CT molecular complexity index is 480. The number of hydrogen-bond acceptors (Lipinski definition) is 5. The van der Waals surface area contributed by atoms with Gasteiger partial charge in [-0.25, -0.2) is 15.8 Å². The molecule has 1 fully saturated rings. The molecule has 0 bridgehead atoms. The summed E-state index contributed by atoms with van der Waals surface area (Å²) in [6.07, 6.45) is 3.72. The maximum atomic E-state index is 5.64. The Kier molecular flexibility index (Phi) is 5.04. The van der Waals surface area contributed by atoms with E-state index in [9.17, 15) is 0 Å². The van der Waals surface area contributed by atoms with Crippen molar-refractivity contribution in [2.75, 3.05) is 16.9 Å². The maximum absolute atomic E-state index is 5.64. The zero-order valence-corrected chi connectivity index (χ0v) is 14.0. The van der Waals surface area contributed by atoms with Gasteiger partial charge in [0.25, 0.3) is 0 Å². The van der Waals surface area contributed by atoms with Crippen LogP contribution in [0.15, 0.2) is 0 Å². The first-order valence-corrected chi connectivity index (χ1v) is 8.05. The molecule has 1 saturated carbocycles. The lowest BCUT2D eigenvalue weighted by Gasteiger charge is -2.27. The summed E-state index contributed by atoms with van der Waals surface area (Å²) in [4.78, 5) is 11.8. The van der Waals surface area contributed by atoms with E-state index < -0.39 is 0 Å². The Labute approximate surface area is 128 Å². The van der Waals surface area contributed by atoms with Crippen LogP contribution >= 0.6 is 0 Å². The van der Waals surface area contributed by atoms with Gasteiger partial charge in [-0.3, -0.25) is 0 Å². The van der Waals surface area contributed by atoms with Crippen LogP contribution in [0.25, 0.3) is 0 Å². The molecule has 3 N–H and O–H groups in total. The fourth-order valence-electron chi connectivity index (χ4n) is 2.44. The molecule has 0 atom stereocenters. The van der Waals surface area contributed by atoms with E-state index in [2.05, 4.69) is 49.9 Å². The molecular weight excluding hydrogens is 262 g/mol. The molecule has 0 aliphatic heterocycles. The van der Waals surface area contributed by atoms with Crippen LogP contribution in [0.2, 0.25) is 0 Å². The summed E-state index contributed by atoms with van der Waals surface area (Å²) < 4.78 is 0. The minimum atomic E-state index is 0.294. The smallest absolute Gasteiger partial charge is 0.148 e. The molecule has 5 nitrogen and oxygen atoms in total. The lowest BCUT2D eigenvalue weighted by molar-refractivity contribution is 0.566. The van der Waals surface area contributed by atoms with Crippen molar-refractivity contribution in [3.63, 3.8) is 0 Å². The van der Waals surface area contributed by atoms with Crippen LogP contribution in [-0.2, 0) is 0 Å². The molecule has 1 aliphatic carbocycles. The second-order valence-electron chi connectivity index (χ2n) is 6.79. The van der Waals surface area contributed by atoms with Crippen molar-refractivity contribution in [3.8, 4) is 0 Å². The second-order valence-corrected chi connectivity index (χ2v) is 6.79. The van der Waals surface area contributed by atoms with E-state index in [1.54, 1.807) is 0 Å². The van der Waals surface area contributed by atoms with Gasteiger partial charge in [-0.1, -0.05) is 27.7 Å². The Morgan fingerprint density at radius 1 is 1.24 bits per heavy atom. The van der Waals surface area contributed by atoms with Crippen LogP contribution in [0.3, 0.4) is 0 Å². The van der Waals surface area contributed by atoms with Crippen molar-refractivity contribution in [2.45, 2.75) is 65.8 Å². The predicted molar refractivity (Wildman–Crippen MR) is 88.5 cm³/mol.